The Morgan fingerprint density at radius 3 is 2.80 bits per heavy atom. The van der Waals surface area contributed by atoms with Crippen LogP contribution in [0, 0.1) is 6.92 Å². The number of methoxy groups -OCH3 is 1. The van der Waals surface area contributed by atoms with E-state index in [0.29, 0.717) is 6.61 Å². The van der Waals surface area contributed by atoms with Crippen LogP contribution in [0.4, 0.5) is 0 Å². The molecular weight excluding hydrogens is 252 g/mol. The van der Waals surface area contributed by atoms with Gasteiger partial charge in [-0.15, -0.1) is 0 Å². The van der Waals surface area contributed by atoms with Gasteiger partial charge in [0.15, 0.2) is 11.5 Å². The number of nitrogens with zero attached hydrogens (tertiary/aromatic N) is 1. The number of aryl methyl sites for hydroxylation is 1. The maximum Gasteiger partial charge on any atom is 0.161 e. The van der Waals surface area contributed by atoms with Crippen molar-refractivity contribution in [2.45, 2.75) is 13.5 Å². The summed E-state index contributed by atoms with van der Waals surface area (Å²) in [5.74, 6) is 1.55. The van der Waals surface area contributed by atoms with Crippen molar-refractivity contribution in [1.82, 2.24) is 10.3 Å². The van der Waals surface area contributed by atoms with Crippen LogP contribution in [0.1, 0.15) is 11.3 Å². The van der Waals surface area contributed by atoms with Crippen molar-refractivity contribution in [1.29, 1.82) is 0 Å². The number of rotatable bonds is 7. The molecule has 0 aliphatic carbocycles. The van der Waals surface area contributed by atoms with Crippen molar-refractivity contribution in [2.24, 2.45) is 0 Å². The van der Waals surface area contributed by atoms with Crippen molar-refractivity contribution >= 4 is 0 Å². The summed E-state index contributed by atoms with van der Waals surface area (Å²) in [6.07, 6.45) is 1.80. The number of hydrogen-bond donors (Lipinski definition) is 1. The number of ether oxygens (including phenoxy) is 2. The van der Waals surface area contributed by atoms with E-state index in [1.165, 1.54) is 0 Å². The summed E-state index contributed by atoms with van der Waals surface area (Å²) >= 11 is 0. The number of benzene rings is 1. The molecule has 0 atom stereocenters. The number of aromatic nitrogens is 1. The Morgan fingerprint density at radius 2 is 2.05 bits per heavy atom. The highest BCUT2D eigenvalue weighted by Crippen LogP contribution is 2.27. The van der Waals surface area contributed by atoms with Crippen LogP contribution >= 0.6 is 0 Å². The molecule has 0 unspecified atom stereocenters. The first kappa shape index (κ1) is 14.3. The van der Waals surface area contributed by atoms with E-state index in [1.807, 2.05) is 43.3 Å². The maximum atomic E-state index is 5.71. The minimum Gasteiger partial charge on any atom is -0.493 e. The molecule has 1 N–H and O–H groups in total. The predicted octanol–water partition coefficient (Wildman–Crippen LogP) is 2.57. The molecule has 1 heterocycles. The van der Waals surface area contributed by atoms with Gasteiger partial charge in [-0.25, -0.2) is 0 Å². The average molecular weight is 272 g/mol. The zero-order chi connectivity index (χ0) is 14.2. The molecule has 0 fully saturated rings. The van der Waals surface area contributed by atoms with Crippen LogP contribution in [0.5, 0.6) is 11.5 Å². The Hall–Kier alpha value is -2.07. The van der Waals surface area contributed by atoms with Gasteiger partial charge in [0, 0.05) is 19.3 Å². The normalized spacial score (nSPS) is 10.3. The molecule has 0 aliphatic rings. The van der Waals surface area contributed by atoms with Crippen molar-refractivity contribution in [3.8, 4) is 11.5 Å². The first-order chi connectivity index (χ1) is 9.79. The summed E-state index contributed by atoms with van der Waals surface area (Å²) in [5.41, 5.74) is 2.18. The molecular formula is C16H20N2O2. The van der Waals surface area contributed by atoms with Crippen LogP contribution in [0.2, 0.25) is 0 Å². The van der Waals surface area contributed by atoms with E-state index in [-0.39, 0.29) is 0 Å². The van der Waals surface area contributed by atoms with Gasteiger partial charge in [-0.1, -0.05) is 12.1 Å². The monoisotopic (exact) mass is 272 g/mol. The standard InChI is InChI=1S/C16H20N2O2/c1-13-6-7-15(16(11-13)19-2)20-10-9-17-12-14-5-3-4-8-18-14/h3-8,11,17H,9-10,12H2,1-2H3. The SMILES string of the molecule is COc1cc(C)ccc1OCCNCc1ccccn1. The van der Waals surface area contributed by atoms with E-state index < -0.39 is 0 Å². The van der Waals surface area contributed by atoms with E-state index in [9.17, 15) is 0 Å². The summed E-state index contributed by atoms with van der Waals surface area (Å²) in [5, 5.41) is 3.29. The molecule has 2 rings (SSSR count). The van der Waals surface area contributed by atoms with Gasteiger partial charge in [0.1, 0.15) is 6.61 Å². The third kappa shape index (κ3) is 4.24. The Bertz CT molecular complexity index is 529. The predicted molar refractivity (Wildman–Crippen MR) is 79.2 cm³/mol. The number of pyridine rings is 1. The van der Waals surface area contributed by atoms with E-state index in [0.717, 1.165) is 35.8 Å². The molecule has 4 nitrogen and oxygen atoms in total. The highest BCUT2D eigenvalue weighted by atomic mass is 16.5. The van der Waals surface area contributed by atoms with E-state index in [4.69, 9.17) is 9.47 Å². The Balaban J connectivity index is 1.73. The average Bonchev–Trinajstić information content (AvgIpc) is 2.49. The van der Waals surface area contributed by atoms with Gasteiger partial charge < -0.3 is 14.8 Å². The van der Waals surface area contributed by atoms with Gasteiger partial charge in [0.05, 0.1) is 12.8 Å². The topological polar surface area (TPSA) is 43.4 Å². The summed E-state index contributed by atoms with van der Waals surface area (Å²) in [7, 11) is 1.65. The highest BCUT2D eigenvalue weighted by Gasteiger charge is 2.03. The maximum absolute atomic E-state index is 5.71. The highest BCUT2D eigenvalue weighted by molar-refractivity contribution is 5.42. The Morgan fingerprint density at radius 1 is 1.15 bits per heavy atom. The van der Waals surface area contributed by atoms with E-state index in [2.05, 4.69) is 10.3 Å². The summed E-state index contributed by atoms with van der Waals surface area (Å²) in [4.78, 5) is 4.25. The van der Waals surface area contributed by atoms with Gasteiger partial charge in [-0.2, -0.15) is 0 Å². The lowest BCUT2D eigenvalue weighted by Crippen LogP contribution is -2.21. The second-order valence-electron chi connectivity index (χ2n) is 4.50. The summed E-state index contributed by atoms with van der Waals surface area (Å²) < 4.78 is 11.0. The van der Waals surface area contributed by atoms with Gasteiger partial charge in [-0.05, 0) is 36.8 Å². The van der Waals surface area contributed by atoms with Gasteiger partial charge in [0.2, 0.25) is 0 Å². The zero-order valence-corrected chi connectivity index (χ0v) is 11.9. The van der Waals surface area contributed by atoms with E-state index in [1.54, 1.807) is 13.3 Å². The first-order valence-corrected chi connectivity index (χ1v) is 6.67. The molecule has 0 radical (unpaired) electrons. The smallest absolute Gasteiger partial charge is 0.161 e. The molecule has 0 bridgehead atoms. The van der Waals surface area contributed by atoms with Crippen molar-refractivity contribution in [2.75, 3.05) is 20.3 Å². The second kappa shape index (κ2) is 7.50. The molecule has 0 amide bonds. The largest absolute Gasteiger partial charge is 0.493 e. The fourth-order valence-electron chi connectivity index (χ4n) is 1.85. The first-order valence-electron chi connectivity index (χ1n) is 6.67. The zero-order valence-electron chi connectivity index (χ0n) is 11.9. The third-order valence-electron chi connectivity index (χ3n) is 2.89. The fourth-order valence-corrected chi connectivity index (χ4v) is 1.85. The number of nitrogens with one attached hydrogen (secondary N) is 1. The molecule has 1 aromatic heterocycles. The van der Waals surface area contributed by atoms with Gasteiger partial charge in [-0.3, -0.25) is 4.98 Å². The fraction of sp³-hybridized carbons (Fsp3) is 0.312. The molecule has 1 aromatic carbocycles. The molecule has 0 aliphatic heterocycles. The third-order valence-corrected chi connectivity index (χ3v) is 2.89. The molecule has 0 saturated heterocycles. The lowest BCUT2D eigenvalue weighted by atomic mass is 10.2. The molecule has 20 heavy (non-hydrogen) atoms. The summed E-state index contributed by atoms with van der Waals surface area (Å²) in [6, 6.07) is 11.8. The molecule has 4 heteroatoms. The van der Waals surface area contributed by atoms with Gasteiger partial charge >= 0.3 is 0 Å². The Kier molecular flexibility index (Phi) is 5.38. The summed E-state index contributed by atoms with van der Waals surface area (Å²) in [6.45, 7) is 4.12. The van der Waals surface area contributed by atoms with E-state index >= 15 is 0 Å². The number of hydrogen-bond acceptors (Lipinski definition) is 4. The minimum atomic E-state index is 0.590. The van der Waals surface area contributed by atoms with Crippen molar-refractivity contribution in [3.63, 3.8) is 0 Å². The van der Waals surface area contributed by atoms with Crippen LogP contribution in [0.3, 0.4) is 0 Å². The van der Waals surface area contributed by atoms with Crippen LogP contribution in [-0.2, 0) is 6.54 Å². The molecule has 106 valence electrons. The van der Waals surface area contributed by atoms with Gasteiger partial charge in [0.25, 0.3) is 0 Å². The Labute approximate surface area is 119 Å². The molecule has 0 saturated carbocycles. The minimum absolute atomic E-state index is 0.590. The quantitative estimate of drug-likeness (QED) is 0.787. The van der Waals surface area contributed by atoms with Crippen LogP contribution < -0.4 is 14.8 Å². The van der Waals surface area contributed by atoms with Crippen LogP contribution in [0.15, 0.2) is 42.6 Å². The van der Waals surface area contributed by atoms with Crippen molar-refractivity contribution in [3.05, 3.63) is 53.9 Å². The lowest BCUT2D eigenvalue weighted by Gasteiger charge is -2.11. The van der Waals surface area contributed by atoms with Crippen molar-refractivity contribution < 1.29 is 9.47 Å². The molecule has 0 spiro atoms. The lowest BCUT2D eigenvalue weighted by molar-refractivity contribution is 0.291. The van der Waals surface area contributed by atoms with Crippen LogP contribution in [0.25, 0.3) is 0 Å². The second-order valence-corrected chi connectivity index (χ2v) is 4.50. The molecule has 2 aromatic rings. The van der Waals surface area contributed by atoms with Crippen LogP contribution in [-0.4, -0.2) is 25.2 Å².